The van der Waals surface area contributed by atoms with Gasteiger partial charge in [-0.2, -0.15) is 18.4 Å². The second kappa shape index (κ2) is 8.43. The van der Waals surface area contributed by atoms with Crippen molar-refractivity contribution in [1.82, 2.24) is 0 Å². The molecule has 0 saturated heterocycles. The first kappa shape index (κ1) is 20.1. The number of hydrogen-bond acceptors (Lipinski definition) is 3. The van der Waals surface area contributed by atoms with E-state index in [0.29, 0.717) is 10.6 Å². The molecule has 7 heteroatoms. The minimum Gasteiger partial charge on any atom is -0.287 e. The van der Waals surface area contributed by atoms with E-state index in [0.717, 1.165) is 17.8 Å². The van der Waals surface area contributed by atoms with Gasteiger partial charge in [-0.1, -0.05) is 53.7 Å². The van der Waals surface area contributed by atoms with E-state index in [1.807, 2.05) is 6.07 Å². The smallest absolute Gasteiger partial charge is 0.287 e. The van der Waals surface area contributed by atoms with E-state index in [2.05, 4.69) is 0 Å². The van der Waals surface area contributed by atoms with Crippen LogP contribution in [0.15, 0.2) is 48.5 Å². The second-order valence-corrected chi connectivity index (χ2v) is 6.57. The molecule has 0 N–H and O–H groups in total. The Labute approximate surface area is 158 Å². The molecule has 2 nitrogen and oxygen atoms in total. The van der Waals surface area contributed by atoms with Gasteiger partial charge in [-0.05, 0) is 41.2 Å². The van der Waals surface area contributed by atoms with Crippen molar-refractivity contribution in [3.05, 3.63) is 70.2 Å². The van der Waals surface area contributed by atoms with E-state index in [1.54, 1.807) is 18.4 Å². The van der Waals surface area contributed by atoms with E-state index >= 15 is 0 Å². The summed E-state index contributed by atoms with van der Waals surface area (Å²) in [6.07, 6.45) is -3.35. The third kappa shape index (κ3) is 4.69. The SMILES string of the molecule is CSC(=O)C/C(=C(/C#N)c1ccc(Cl)cc1)c1ccccc1C(F)(F)F. The van der Waals surface area contributed by atoms with Crippen molar-refractivity contribution >= 4 is 39.6 Å². The zero-order chi connectivity index (χ0) is 19.3. The first-order valence-electron chi connectivity index (χ1n) is 7.40. The van der Waals surface area contributed by atoms with Crippen molar-refractivity contribution in [1.29, 1.82) is 5.26 Å². The van der Waals surface area contributed by atoms with Gasteiger partial charge in [0.1, 0.15) is 6.07 Å². The van der Waals surface area contributed by atoms with Gasteiger partial charge in [0.2, 0.25) is 0 Å². The molecule has 0 aliphatic carbocycles. The third-order valence-corrected chi connectivity index (χ3v) is 4.50. The molecule has 0 bridgehead atoms. The van der Waals surface area contributed by atoms with Gasteiger partial charge in [0, 0.05) is 11.4 Å². The molecule has 2 aromatic rings. The largest absolute Gasteiger partial charge is 0.416 e. The number of carbonyl (C=O) groups is 1. The summed E-state index contributed by atoms with van der Waals surface area (Å²) >= 11 is 6.74. The Morgan fingerprint density at radius 1 is 1.15 bits per heavy atom. The maximum Gasteiger partial charge on any atom is 0.416 e. The summed E-state index contributed by atoms with van der Waals surface area (Å²) < 4.78 is 40.3. The number of halogens is 4. The Hall–Kier alpha value is -2.23. The number of nitriles is 1. The number of thioether (sulfide) groups is 1. The number of nitrogens with zero attached hydrogens (tertiary/aromatic N) is 1. The lowest BCUT2D eigenvalue weighted by Crippen LogP contribution is -2.10. The van der Waals surface area contributed by atoms with Gasteiger partial charge >= 0.3 is 6.18 Å². The molecule has 0 unspecified atom stereocenters. The molecule has 0 fully saturated rings. The highest BCUT2D eigenvalue weighted by Crippen LogP contribution is 2.39. The molecule has 0 heterocycles. The molecular formula is C19H13ClF3NOS. The van der Waals surface area contributed by atoms with Crippen LogP contribution in [0.4, 0.5) is 13.2 Å². The van der Waals surface area contributed by atoms with E-state index in [1.165, 1.54) is 30.3 Å². The summed E-state index contributed by atoms with van der Waals surface area (Å²) in [7, 11) is 0. The quantitative estimate of drug-likeness (QED) is 0.465. The summed E-state index contributed by atoms with van der Waals surface area (Å²) in [5, 5.41) is 9.72. The van der Waals surface area contributed by atoms with E-state index < -0.39 is 11.7 Å². The summed E-state index contributed by atoms with van der Waals surface area (Å²) in [6, 6.07) is 13.1. The van der Waals surface area contributed by atoms with Crippen molar-refractivity contribution in [2.45, 2.75) is 12.6 Å². The summed E-state index contributed by atoms with van der Waals surface area (Å²) in [5.41, 5.74) is -0.597. The van der Waals surface area contributed by atoms with Gasteiger partial charge in [-0.25, -0.2) is 0 Å². The number of alkyl halides is 3. The monoisotopic (exact) mass is 395 g/mol. The zero-order valence-electron chi connectivity index (χ0n) is 13.6. The third-order valence-electron chi connectivity index (χ3n) is 3.65. The molecule has 0 atom stereocenters. The Morgan fingerprint density at radius 2 is 1.77 bits per heavy atom. The molecule has 2 rings (SSSR count). The number of benzene rings is 2. The van der Waals surface area contributed by atoms with E-state index in [4.69, 9.17) is 11.6 Å². The Balaban J connectivity index is 2.77. The Bertz CT molecular complexity index is 883. The molecule has 0 saturated carbocycles. The number of carbonyl (C=O) groups excluding carboxylic acids is 1. The topological polar surface area (TPSA) is 40.9 Å². The van der Waals surface area contributed by atoms with Gasteiger partial charge in [-0.3, -0.25) is 4.79 Å². The fraction of sp³-hybridized carbons (Fsp3) is 0.158. The molecule has 0 amide bonds. The molecule has 0 aromatic heterocycles. The van der Waals surface area contributed by atoms with Gasteiger partial charge in [0.15, 0.2) is 5.12 Å². The minimum atomic E-state index is -4.61. The predicted molar refractivity (Wildman–Crippen MR) is 98.5 cm³/mol. The van der Waals surface area contributed by atoms with E-state index in [-0.39, 0.29) is 28.2 Å². The number of allylic oxidation sites excluding steroid dienone is 2. The predicted octanol–water partition coefficient (Wildman–Crippen LogP) is 6.07. The lowest BCUT2D eigenvalue weighted by atomic mass is 9.90. The van der Waals surface area contributed by atoms with Crippen LogP contribution in [0.3, 0.4) is 0 Å². The highest BCUT2D eigenvalue weighted by molar-refractivity contribution is 8.13. The molecule has 26 heavy (non-hydrogen) atoms. The van der Waals surface area contributed by atoms with Gasteiger partial charge in [0.25, 0.3) is 0 Å². The van der Waals surface area contributed by atoms with Crippen molar-refractivity contribution in [2.75, 3.05) is 6.26 Å². The molecule has 0 radical (unpaired) electrons. The number of hydrogen-bond donors (Lipinski definition) is 0. The van der Waals surface area contributed by atoms with Crippen LogP contribution in [0.5, 0.6) is 0 Å². The molecule has 2 aromatic carbocycles. The Kier molecular flexibility index (Phi) is 6.52. The van der Waals surface area contributed by atoms with Crippen LogP contribution in [-0.2, 0) is 11.0 Å². The highest BCUT2D eigenvalue weighted by atomic mass is 35.5. The fourth-order valence-corrected chi connectivity index (χ4v) is 2.87. The maximum atomic E-state index is 13.4. The number of rotatable bonds is 4. The van der Waals surface area contributed by atoms with Crippen LogP contribution < -0.4 is 0 Å². The van der Waals surface area contributed by atoms with Crippen molar-refractivity contribution in [2.24, 2.45) is 0 Å². The van der Waals surface area contributed by atoms with Crippen LogP contribution in [-0.4, -0.2) is 11.4 Å². The van der Waals surface area contributed by atoms with Gasteiger partial charge in [0.05, 0.1) is 11.1 Å². The lowest BCUT2D eigenvalue weighted by Gasteiger charge is -2.17. The molecule has 0 aliphatic heterocycles. The van der Waals surface area contributed by atoms with Crippen LogP contribution >= 0.6 is 23.4 Å². The molecule has 0 aliphatic rings. The van der Waals surface area contributed by atoms with Gasteiger partial charge in [-0.15, -0.1) is 0 Å². The van der Waals surface area contributed by atoms with E-state index in [9.17, 15) is 23.2 Å². The average Bonchev–Trinajstić information content (AvgIpc) is 2.62. The fourth-order valence-electron chi connectivity index (χ4n) is 2.45. The normalized spacial score (nSPS) is 12.3. The van der Waals surface area contributed by atoms with Crippen molar-refractivity contribution in [3.8, 4) is 6.07 Å². The van der Waals surface area contributed by atoms with Crippen LogP contribution in [0.25, 0.3) is 11.1 Å². The summed E-state index contributed by atoms with van der Waals surface area (Å²) in [6.45, 7) is 0. The average molecular weight is 396 g/mol. The van der Waals surface area contributed by atoms with Crippen molar-refractivity contribution in [3.63, 3.8) is 0 Å². The highest BCUT2D eigenvalue weighted by Gasteiger charge is 2.34. The second-order valence-electron chi connectivity index (χ2n) is 5.27. The lowest BCUT2D eigenvalue weighted by molar-refractivity contribution is -0.137. The molecule has 0 spiro atoms. The standard InChI is InChI=1S/C19H13ClF3NOS/c1-26-18(25)10-15(14-4-2-3-5-17(14)19(21,22)23)16(11-24)12-6-8-13(20)9-7-12/h2-9H,10H2,1H3/b16-15+. The van der Waals surface area contributed by atoms with Crippen LogP contribution in [0, 0.1) is 11.3 Å². The first-order valence-corrected chi connectivity index (χ1v) is 9.00. The molecular weight excluding hydrogens is 383 g/mol. The van der Waals surface area contributed by atoms with Crippen LogP contribution in [0.1, 0.15) is 23.1 Å². The minimum absolute atomic E-state index is 0.0146. The zero-order valence-corrected chi connectivity index (χ0v) is 15.2. The van der Waals surface area contributed by atoms with Crippen molar-refractivity contribution < 1.29 is 18.0 Å². The summed E-state index contributed by atoms with van der Waals surface area (Å²) in [5.74, 6) is 0. The molecule has 134 valence electrons. The maximum absolute atomic E-state index is 13.4. The first-order chi connectivity index (χ1) is 12.3. The summed E-state index contributed by atoms with van der Waals surface area (Å²) in [4.78, 5) is 12.0. The van der Waals surface area contributed by atoms with Crippen LogP contribution in [0.2, 0.25) is 5.02 Å². The van der Waals surface area contributed by atoms with Gasteiger partial charge < -0.3 is 0 Å². The Morgan fingerprint density at radius 3 is 2.31 bits per heavy atom.